The number of benzene rings is 1. The maximum Gasteiger partial charge on any atom is 0.338 e. The summed E-state index contributed by atoms with van der Waals surface area (Å²) < 4.78 is 5.68. The van der Waals surface area contributed by atoms with Gasteiger partial charge in [-0.1, -0.05) is 23.1 Å². The molecule has 1 heterocycles. The average molecular weight is 351 g/mol. The van der Waals surface area contributed by atoms with E-state index >= 15 is 0 Å². The molecule has 2 rings (SSSR count). The number of hydrogen-bond donors (Lipinski definition) is 1. The minimum absolute atomic E-state index is 0.133. The van der Waals surface area contributed by atoms with Crippen LogP contribution in [0.25, 0.3) is 0 Å². The summed E-state index contributed by atoms with van der Waals surface area (Å²) >= 11 is 2.82. The lowest BCUT2D eigenvalue weighted by Crippen LogP contribution is -2.22. The van der Waals surface area contributed by atoms with E-state index in [9.17, 15) is 9.59 Å². The fourth-order valence-corrected chi connectivity index (χ4v) is 3.64. The molecule has 1 N–H and O–H groups in total. The molecule has 0 aliphatic heterocycles. The Bertz CT molecular complexity index is 686. The highest BCUT2D eigenvalue weighted by molar-refractivity contribution is 8.02. The summed E-state index contributed by atoms with van der Waals surface area (Å²) in [6, 6.07) is 6.60. The van der Waals surface area contributed by atoms with Crippen molar-refractivity contribution in [3.8, 4) is 0 Å². The predicted molar refractivity (Wildman–Crippen MR) is 91.0 cm³/mol. The Balaban J connectivity index is 1.92. The Hall–Kier alpha value is -1.93. The van der Waals surface area contributed by atoms with E-state index in [0.717, 1.165) is 9.35 Å². The van der Waals surface area contributed by atoms with Crippen molar-refractivity contribution in [1.82, 2.24) is 10.2 Å². The Morgan fingerprint density at radius 3 is 2.57 bits per heavy atom. The molecular weight excluding hydrogens is 334 g/mol. The van der Waals surface area contributed by atoms with Gasteiger partial charge in [0.2, 0.25) is 5.91 Å². The molecule has 0 saturated heterocycles. The van der Waals surface area contributed by atoms with Crippen molar-refractivity contribution in [2.45, 2.75) is 30.4 Å². The molecular formula is C15H17N3O3S2. The molecule has 0 saturated carbocycles. The normalized spacial score (nSPS) is 11.8. The molecule has 1 aromatic heterocycles. The standard InChI is InChI=1S/C15H17N3O3S2/c1-4-21-14(20)11-5-7-12(8-6-11)16-13(19)9(2)22-15-18-17-10(3)23-15/h5-9H,4H2,1-3H3,(H,16,19). The summed E-state index contributed by atoms with van der Waals surface area (Å²) in [5.74, 6) is -0.507. The first kappa shape index (κ1) is 17.4. The van der Waals surface area contributed by atoms with Gasteiger partial charge in [-0.05, 0) is 45.0 Å². The van der Waals surface area contributed by atoms with Gasteiger partial charge in [-0.3, -0.25) is 4.79 Å². The molecule has 0 fully saturated rings. The van der Waals surface area contributed by atoms with E-state index in [1.807, 2.05) is 13.8 Å². The molecule has 1 aromatic carbocycles. The van der Waals surface area contributed by atoms with Gasteiger partial charge in [0.15, 0.2) is 4.34 Å². The molecule has 1 amide bonds. The molecule has 8 heteroatoms. The number of esters is 1. The summed E-state index contributed by atoms with van der Waals surface area (Å²) in [6.07, 6.45) is 0. The maximum absolute atomic E-state index is 12.2. The number of thioether (sulfide) groups is 1. The zero-order valence-corrected chi connectivity index (χ0v) is 14.7. The van der Waals surface area contributed by atoms with Crippen molar-refractivity contribution in [3.63, 3.8) is 0 Å². The smallest absolute Gasteiger partial charge is 0.338 e. The highest BCUT2D eigenvalue weighted by Gasteiger charge is 2.17. The zero-order chi connectivity index (χ0) is 16.8. The van der Waals surface area contributed by atoms with Gasteiger partial charge in [-0.15, -0.1) is 10.2 Å². The van der Waals surface area contributed by atoms with Gasteiger partial charge in [-0.2, -0.15) is 0 Å². The van der Waals surface area contributed by atoms with Gasteiger partial charge >= 0.3 is 5.97 Å². The second kappa shape index (κ2) is 8.07. The van der Waals surface area contributed by atoms with Crippen LogP contribution < -0.4 is 5.32 Å². The first-order valence-corrected chi connectivity index (χ1v) is 8.74. The maximum atomic E-state index is 12.2. The second-order valence-corrected chi connectivity index (χ2v) is 7.40. The van der Waals surface area contributed by atoms with E-state index in [1.54, 1.807) is 31.2 Å². The topological polar surface area (TPSA) is 81.2 Å². The lowest BCUT2D eigenvalue weighted by atomic mass is 10.2. The third-order valence-corrected chi connectivity index (χ3v) is 4.84. The third kappa shape index (κ3) is 5.04. The van der Waals surface area contributed by atoms with E-state index in [-0.39, 0.29) is 17.1 Å². The summed E-state index contributed by atoms with van der Waals surface area (Å²) in [5, 5.41) is 11.3. The molecule has 6 nitrogen and oxygen atoms in total. The van der Waals surface area contributed by atoms with Gasteiger partial charge < -0.3 is 10.1 Å². The first-order chi connectivity index (χ1) is 11.0. The molecule has 23 heavy (non-hydrogen) atoms. The molecule has 0 radical (unpaired) electrons. The van der Waals surface area contributed by atoms with Crippen LogP contribution in [0.4, 0.5) is 5.69 Å². The quantitative estimate of drug-likeness (QED) is 0.636. The Kier molecular flexibility index (Phi) is 6.12. The van der Waals surface area contributed by atoms with Gasteiger partial charge in [0.1, 0.15) is 5.01 Å². The average Bonchev–Trinajstić information content (AvgIpc) is 2.93. The molecule has 2 aromatic rings. The highest BCUT2D eigenvalue weighted by atomic mass is 32.2. The predicted octanol–water partition coefficient (Wildman–Crippen LogP) is 3.14. The Morgan fingerprint density at radius 2 is 2.00 bits per heavy atom. The number of anilines is 1. The number of aromatic nitrogens is 2. The van der Waals surface area contributed by atoms with Gasteiger partial charge in [0.05, 0.1) is 17.4 Å². The van der Waals surface area contributed by atoms with E-state index in [4.69, 9.17) is 4.74 Å². The van der Waals surface area contributed by atoms with Crippen LogP contribution in [0.15, 0.2) is 28.6 Å². The number of rotatable bonds is 6. The summed E-state index contributed by atoms with van der Waals surface area (Å²) in [4.78, 5) is 23.7. The third-order valence-electron chi connectivity index (χ3n) is 2.82. The molecule has 0 aliphatic rings. The Morgan fingerprint density at radius 1 is 1.30 bits per heavy atom. The van der Waals surface area contributed by atoms with Gasteiger partial charge in [-0.25, -0.2) is 4.79 Å². The van der Waals surface area contributed by atoms with Crippen LogP contribution in [0.2, 0.25) is 0 Å². The fourth-order valence-electron chi connectivity index (χ4n) is 1.68. The van der Waals surface area contributed by atoms with Crippen molar-refractivity contribution >= 4 is 40.7 Å². The fraction of sp³-hybridized carbons (Fsp3) is 0.333. The van der Waals surface area contributed by atoms with Crippen LogP contribution in [0, 0.1) is 6.92 Å². The second-order valence-electron chi connectivity index (χ2n) is 4.63. The number of aryl methyl sites for hydroxylation is 1. The summed E-state index contributed by atoms with van der Waals surface area (Å²) in [6.45, 7) is 5.77. The van der Waals surface area contributed by atoms with E-state index < -0.39 is 0 Å². The Labute approximate surface area is 142 Å². The number of nitrogens with zero attached hydrogens (tertiary/aromatic N) is 2. The van der Waals surface area contributed by atoms with Crippen LogP contribution in [0.3, 0.4) is 0 Å². The zero-order valence-electron chi connectivity index (χ0n) is 13.0. The molecule has 0 spiro atoms. The molecule has 0 bridgehead atoms. The molecule has 122 valence electrons. The summed E-state index contributed by atoms with van der Waals surface area (Å²) in [7, 11) is 0. The van der Waals surface area contributed by atoms with Crippen LogP contribution in [-0.2, 0) is 9.53 Å². The van der Waals surface area contributed by atoms with Crippen molar-refractivity contribution in [3.05, 3.63) is 34.8 Å². The van der Waals surface area contributed by atoms with Crippen molar-refractivity contribution in [2.75, 3.05) is 11.9 Å². The first-order valence-electron chi connectivity index (χ1n) is 7.04. The van der Waals surface area contributed by atoms with Gasteiger partial charge in [0.25, 0.3) is 0 Å². The lowest BCUT2D eigenvalue weighted by Gasteiger charge is -2.10. The number of hydrogen-bond acceptors (Lipinski definition) is 7. The van der Waals surface area contributed by atoms with E-state index in [2.05, 4.69) is 15.5 Å². The SMILES string of the molecule is CCOC(=O)c1ccc(NC(=O)C(C)Sc2nnc(C)s2)cc1. The van der Waals surface area contributed by atoms with Crippen LogP contribution in [-0.4, -0.2) is 33.9 Å². The molecule has 0 aliphatic carbocycles. The number of carbonyl (C=O) groups excluding carboxylic acids is 2. The van der Waals surface area contributed by atoms with Crippen LogP contribution in [0.1, 0.15) is 29.2 Å². The molecule has 1 atom stereocenters. The van der Waals surface area contributed by atoms with Gasteiger partial charge in [0, 0.05) is 5.69 Å². The van der Waals surface area contributed by atoms with E-state index in [1.165, 1.54) is 23.1 Å². The highest BCUT2D eigenvalue weighted by Crippen LogP contribution is 2.26. The van der Waals surface area contributed by atoms with Crippen LogP contribution >= 0.6 is 23.1 Å². The monoisotopic (exact) mass is 351 g/mol. The minimum atomic E-state index is -0.374. The number of nitrogens with one attached hydrogen (secondary N) is 1. The van der Waals surface area contributed by atoms with Crippen molar-refractivity contribution in [2.24, 2.45) is 0 Å². The summed E-state index contributed by atoms with van der Waals surface area (Å²) in [5.41, 5.74) is 1.08. The minimum Gasteiger partial charge on any atom is -0.462 e. The molecule has 1 unspecified atom stereocenters. The lowest BCUT2D eigenvalue weighted by molar-refractivity contribution is -0.115. The largest absolute Gasteiger partial charge is 0.462 e. The van der Waals surface area contributed by atoms with Crippen molar-refractivity contribution in [1.29, 1.82) is 0 Å². The van der Waals surface area contributed by atoms with Crippen LogP contribution in [0.5, 0.6) is 0 Å². The van der Waals surface area contributed by atoms with E-state index in [0.29, 0.717) is 17.9 Å². The van der Waals surface area contributed by atoms with Crippen molar-refractivity contribution < 1.29 is 14.3 Å². The number of ether oxygens (including phenoxy) is 1. The number of carbonyl (C=O) groups is 2. The number of amides is 1.